The van der Waals surface area contributed by atoms with Crippen molar-refractivity contribution in [1.29, 1.82) is 0 Å². The Morgan fingerprint density at radius 3 is 1.97 bits per heavy atom. The van der Waals surface area contributed by atoms with Gasteiger partial charge in [0.1, 0.15) is 30.8 Å². The fourth-order valence-electron chi connectivity index (χ4n) is 3.78. The summed E-state index contributed by atoms with van der Waals surface area (Å²) in [7, 11) is 0. The van der Waals surface area contributed by atoms with Crippen molar-refractivity contribution in [1.82, 2.24) is 5.32 Å². The lowest BCUT2D eigenvalue weighted by Crippen LogP contribution is -2.42. The quantitative estimate of drug-likeness (QED) is 0.284. The Bertz CT molecular complexity index is 1320. The third-order valence-electron chi connectivity index (χ3n) is 5.99. The van der Waals surface area contributed by atoms with E-state index in [1.54, 1.807) is 36.4 Å². The fraction of sp³-hybridized carbons (Fsp3) is 0.161. The maximum atomic E-state index is 12.7. The van der Waals surface area contributed by atoms with Gasteiger partial charge in [0.2, 0.25) is 0 Å². The lowest BCUT2D eigenvalue weighted by atomic mass is 10.1. The van der Waals surface area contributed by atoms with Gasteiger partial charge in [-0.3, -0.25) is 4.79 Å². The van der Waals surface area contributed by atoms with E-state index >= 15 is 0 Å². The highest BCUT2D eigenvalue weighted by molar-refractivity contribution is 5.96. The summed E-state index contributed by atoms with van der Waals surface area (Å²) in [5.74, 6) is -0.242. The molecule has 188 valence electrons. The van der Waals surface area contributed by atoms with E-state index in [2.05, 4.69) is 5.32 Å². The molecular formula is C31H29NO5. The number of amides is 1. The molecule has 0 aromatic heterocycles. The zero-order chi connectivity index (χ0) is 26.0. The number of carboxylic acid groups (broad SMARTS) is 1. The number of carbonyl (C=O) groups is 2. The van der Waals surface area contributed by atoms with E-state index < -0.39 is 17.9 Å². The van der Waals surface area contributed by atoms with Crippen molar-refractivity contribution in [3.63, 3.8) is 0 Å². The summed E-state index contributed by atoms with van der Waals surface area (Å²) < 4.78 is 11.6. The number of rotatable bonds is 11. The van der Waals surface area contributed by atoms with Crippen molar-refractivity contribution in [3.8, 4) is 11.5 Å². The molecule has 6 heteroatoms. The predicted molar refractivity (Wildman–Crippen MR) is 142 cm³/mol. The molecule has 0 spiro atoms. The highest BCUT2D eigenvalue weighted by atomic mass is 16.5. The Balaban J connectivity index is 1.30. The molecule has 2 N–H and O–H groups in total. The van der Waals surface area contributed by atoms with Gasteiger partial charge in [0.05, 0.1) is 0 Å². The van der Waals surface area contributed by atoms with Crippen LogP contribution in [0.4, 0.5) is 0 Å². The summed E-state index contributed by atoms with van der Waals surface area (Å²) in [6, 6.07) is 30.6. The Kier molecular flexibility index (Phi) is 8.55. The first-order chi connectivity index (χ1) is 18.0. The molecule has 6 nitrogen and oxygen atoms in total. The third-order valence-corrected chi connectivity index (χ3v) is 5.99. The molecule has 37 heavy (non-hydrogen) atoms. The van der Waals surface area contributed by atoms with Gasteiger partial charge in [0, 0.05) is 12.0 Å². The molecule has 0 fully saturated rings. The Morgan fingerprint density at radius 1 is 0.730 bits per heavy atom. The minimum atomic E-state index is -1.10. The molecule has 0 aliphatic rings. The molecule has 0 saturated heterocycles. The van der Waals surface area contributed by atoms with E-state index in [1.807, 2.05) is 73.7 Å². The summed E-state index contributed by atoms with van der Waals surface area (Å²) in [6.45, 7) is 2.90. The monoisotopic (exact) mass is 495 g/mol. The number of benzene rings is 4. The number of aliphatic carboxylic acids is 1. The predicted octanol–water partition coefficient (Wildman–Crippen LogP) is 5.58. The summed E-state index contributed by atoms with van der Waals surface area (Å²) in [5, 5.41) is 12.3. The first-order valence-corrected chi connectivity index (χ1v) is 12.0. The second-order valence-corrected chi connectivity index (χ2v) is 8.73. The first-order valence-electron chi connectivity index (χ1n) is 12.0. The molecule has 0 saturated carbocycles. The number of hydrogen-bond donors (Lipinski definition) is 2. The number of carboxylic acids is 1. The molecule has 0 bridgehead atoms. The van der Waals surface area contributed by atoms with Crippen LogP contribution < -0.4 is 14.8 Å². The van der Waals surface area contributed by atoms with E-state index in [1.165, 1.54) is 0 Å². The van der Waals surface area contributed by atoms with Gasteiger partial charge >= 0.3 is 5.97 Å². The second kappa shape index (κ2) is 12.4. The zero-order valence-electron chi connectivity index (χ0n) is 20.6. The van der Waals surface area contributed by atoms with Crippen molar-refractivity contribution in [2.24, 2.45) is 0 Å². The molecule has 0 heterocycles. The van der Waals surface area contributed by atoms with E-state index in [0.29, 0.717) is 30.3 Å². The zero-order valence-corrected chi connectivity index (χ0v) is 20.6. The van der Waals surface area contributed by atoms with Crippen molar-refractivity contribution in [2.75, 3.05) is 0 Å². The van der Waals surface area contributed by atoms with Gasteiger partial charge in [-0.2, -0.15) is 0 Å². The Morgan fingerprint density at radius 2 is 1.32 bits per heavy atom. The van der Waals surface area contributed by atoms with Gasteiger partial charge in [-0.05, 0) is 65.6 Å². The average Bonchev–Trinajstić information content (AvgIpc) is 2.92. The maximum Gasteiger partial charge on any atom is 0.326 e. The van der Waals surface area contributed by atoms with Crippen LogP contribution in [0.15, 0.2) is 103 Å². The first kappa shape index (κ1) is 25.5. The van der Waals surface area contributed by atoms with Crippen molar-refractivity contribution in [2.45, 2.75) is 32.6 Å². The van der Waals surface area contributed by atoms with Crippen LogP contribution in [-0.2, 0) is 24.4 Å². The van der Waals surface area contributed by atoms with Gasteiger partial charge in [0.15, 0.2) is 0 Å². The van der Waals surface area contributed by atoms with Crippen molar-refractivity contribution in [3.05, 3.63) is 131 Å². The van der Waals surface area contributed by atoms with Gasteiger partial charge in [-0.15, -0.1) is 0 Å². The normalized spacial score (nSPS) is 11.4. The molecule has 1 amide bonds. The molecule has 0 radical (unpaired) electrons. The average molecular weight is 496 g/mol. The number of nitrogens with one attached hydrogen (secondary N) is 1. The topological polar surface area (TPSA) is 84.9 Å². The van der Waals surface area contributed by atoms with Crippen LogP contribution in [-0.4, -0.2) is 23.0 Å². The van der Waals surface area contributed by atoms with Crippen LogP contribution in [0.3, 0.4) is 0 Å². The smallest absolute Gasteiger partial charge is 0.326 e. The molecule has 4 aromatic carbocycles. The van der Waals surface area contributed by atoms with Gasteiger partial charge < -0.3 is 19.9 Å². The molecule has 1 atom stereocenters. The molecule has 0 unspecified atom stereocenters. The molecule has 0 aliphatic heterocycles. The lowest BCUT2D eigenvalue weighted by Gasteiger charge is -2.15. The fourth-order valence-corrected chi connectivity index (χ4v) is 3.78. The van der Waals surface area contributed by atoms with Crippen LogP contribution in [0.2, 0.25) is 0 Å². The number of ether oxygens (including phenoxy) is 2. The van der Waals surface area contributed by atoms with E-state index in [4.69, 9.17) is 9.47 Å². The highest BCUT2D eigenvalue weighted by Crippen LogP contribution is 2.18. The van der Waals surface area contributed by atoms with Crippen molar-refractivity contribution >= 4 is 11.9 Å². The van der Waals surface area contributed by atoms with Crippen LogP contribution in [0.1, 0.15) is 32.6 Å². The van der Waals surface area contributed by atoms with Crippen LogP contribution in [0.5, 0.6) is 11.5 Å². The van der Waals surface area contributed by atoms with Crippen molar-refractivity contribution < 1.29 is 24.2 Å². The van der Waals surface area contributed by atoms with Crippen LogP contribution in [0, 0.1) is 6.92 Å². The minimum Gasteiger partial charge on any atom is -0.489 e. The van der Waals surface area contributed by atoms with E-state index in [0.717, 1.165) is 22.3 Å². The standard InChI is InChI=1S/C31H29NO5/c1-22-7-5-6-10-26(22)21-37-28-17-13-25(14-18-28)30(33)32-29(31(34)35)19-23-11-15-27(16-12-23)36-20-24-8-3-2-4-9-24/h2-18,29H,19-21H2,1H3,(H,32,33)(H,34,35)/t29-/m0/s1. The summed E-state index contributed by atoms with van der Waals surface area (Å²) in [4.78, 5) is 24.6. The van der Waals surface area contributed by atoms with Gasteiger partial charge in [-0.1, -0.05) is 66.7 Å². The third kappa shape index (κ3) is 7.45. The SMILES string of the molecule is Cc1ccccc1COc1ccc(C(=O)N[C@@H](Cc2ccc(OCc3ccccc3)cc2)C(=O)O)cc1. The lowest BCUT2D eigenvalue weighted by molar-refractivity contribution is -0.139. The summed E-state index contributed by atoms with van der Waals surface area (Å²) in [6.07, 6.45) is 0.150. The highest BCUT2D eigenvalue weighted by Gasteiger charge is 2.21. The van der Waals surface area contributed by atoms with Gasteiger partial charge in [0.25, 0.3) is 5.91 Å². The van der Waals surface area contributed by atoms with E-state index in [9.17, 15) is 14.7 Å². The number of aryl methyl sites for hydroxylation is 1. The second-order valence-electron chi connectivity index (χ2n) is 8.73. The molecule has 0 aliphatic carbocycles. The summed E-state index contributed by atoms with van der Waals surface area (Å²) in [5.41, 5.74) is 4.43. The maximum absolute atomic E-state index is 12.7. The Hall–Kier alpha value is -4.58. The number of hydrogen-bond acceptors (Lipinski definition) is 4. The Labute approximate surface area is 216 Å². The van der Waals surface area contributed by atoms with E-state index in [-0.39, 0.29) is 6.42 Å². The summed E-state index contributed by atoms with van der Waals surface area (Å²) >= 11 is 0. The number of carbonyl (C=O) groups excluding carboxylic acids is 1. The minimum absolute atomic E-state index is 0.150. The molecular weight excluding hydrogens is 466 g/mol. The van der Waals surface area contributed by atoms with Crippen LogP contribution >= 0.6 is 0 Å². The largest absolute Gasteiger partial charge is 0.489 e. The molecule has 4 aromatic rings. The molecule has 4 rings (SSSR count). The van der Waals surface area contributed by atoms with Crippen LogP contribution in [0.25, 0.3) is 0 Å². The van der Waals surface area contributed by atoms with Gasteiger partial charge in [-0.25, -0.2) is 4.79 Å².